The number of hydrogen-bond donors (Lipinski definition) is 1. The first kappa shape index (κ1) is 25.2. The summed E-state index contributed by atoms with van der Waals surface area (Å²) in [7, 11) is 3.31. The first-order chi connectivity index (χ1) is 16.1. The third-order valence-corrected chi connectivity index (χ3v) is 5.97. The third kappa shape index (κ3) is 5.74. The van der Waals surface area contributed by atoms with Crippen LogP contribution in [0.4, 0.5) is 5.69 Å². The molecule has 0 aliphatic carbocycles. The number of hydrogen-bond acceptors (Lipinski definition) is 7. The fourth-order valence-corrected chi connectivity index (χ4v) is 3.96. The summed E-state index contributed by atoms with van der Waals surface area (Å²) in [5.74, 6) is 0.0928. The topological polar surface area (TPSA) is 114 Å². The molecule has 2 heterocycles. The number of nitrogens with one attached hydrogen (secondary N) is 1. The molecule has 1 aromatic heterocycles. The minimum atomic E-state index is -0.443. The van der Waals surface area contributed by atoms with Crippen molar-refractivity contribution in [1.82, 2.24) is 15.0 Å². The van der Waals surface area contributed by atoms with Crippen molar-refractivity contribution in [3.05, 3.63) is 41.3 Å². The second kappa shape index (κ2) is 10.7. The van der Waals surface area contributed by atoms with E-state index in [4.69, 9.17) is 14.0 Å². The molecule has 0 radical (unpaired) electrons. The molecular weight excluding hydrogens is 440 g/mol. The van der Waals surface area contributed by atoms with Crippen LogP contribution >= 0.6 is 0 Å². The molecule has 0 fully saturated rings. The Labute approximate surface area is 199 Å². The van der Waals surface area contributed by atoms with Crippen molar-refractivity contribution in [2.45, 2.75) is 39.8 Å². The van der Waals surface area contributed by atoms with Gasteiger partial charge in [-0.1, -0.05) is 12.1 Å². The van der Waals surface area contributed by atoms with Crippen LogP contribution in [0.25, 0.3) is 0 Å². The normalized spacial score (nSPS) is 21.7. The highest BCUT2D eigenvalue weighted by Gasteiger charge is 2.29. The Kier molecular flexibility index (Phi) is 7.93. The number of fused-ring (bicyclic) bond motifs is 1. The largest absolute Gasteiger partial charge is 0.491 e. The molecule has 1 aliphatic rings. The van der Waals surface area contributed by atoms with Crippen molar-refractivity contribution in [2.24, 2.45) is 5.92 Å². The van der Waals surface area contributed by atoms with Crippen molar-refractivity contribution >= 4 is 23.4 Å². The first-order valence-electron chi connectivity index (χ1n) is 11.2. The fourth-order valence-electron chi connectivity index (χ4n) is 3.96. The summed E-state index contributed by atoms with van der Waals surface area (Å²) >= 11 is 0. The van der Waals surface area contributed by atoms with Crippen molar-refractivity contribution in [3.8, 4) is 5.75 Å². The standard InChI is InChI=1S/C24H32N4O6/c1-14-11-28(17(4)29)15(2)13-33-21-10-18(25-23(30)20-9-16(3)34-26-20)7-8-19(21)24(31)27(5)12-22(14)32-6/h7-10,14-15,22H,11-13H2,1-6H3,(H,25,30)/t14-,15-,22-/m0/s1. The van der Waals surface area contributed by atoms with E-state index in [1.807, 2.05) is 13.8 Å². The zero-order chi connectivity index (χ0) is 25.0. The second-order valence-corrected chi connectivity index (χ2v) is 8.76. The molecule has 0 bridgehead atoms. The van der Waals surface area contributed by atoms with E-state index >= 15 is 0 Å². The Bertz CT molecular complexity index is 1050. The molecule has 34 heavy (non-hydrogen) atoms. The highest BCUT2D eigenvalue weighted by atomic mass is 16.5. The number of carbonyl (C=O) groups excluding carboxylic acids is 3. The summed E-state index contributed by atoms with van der Waals surface area (Å²) in [5, 5.41) is 6.46. The van der Waals surface area contributed by atoms with Crippen LogP contribution in [0, 0.1) is 12.8 Å². The van der Waals surface area contributed by atoms with Crippen molar-refractivity contribution < 1.29 is 28.4 Å². The third-order valence-electron chi connectivity index (χ3n) is 5.97. The molecule has 10 nitrogen and oxygen atoms in total. The zero-order valence-corrected chi connectivity index (χ0v) is 20.5. The minimum absolute atomic E-state index is 0.00301. The molecule has 1 aliphatic heterocycles. The van der Waals surface area contributed by atoms with Gasteiger partial charge in [0.25, 0.3) is 11.8 Å². The number of methoxy groups -OCH3 is 1. The highest BCUT2D eigenvalue weighted by molar-refractivity contribution is 6.03. The van der Waals surface area contributed by atoms with E-state index < -0.39 is 5.91 Å². The maximum Gasteiger partial charge on any atom is 0.277 e. The number of aromatic nitrogens is 1. The number of likely N-dealkylation sites (N-methyl/N-ethyl adjacent to an activating group) is 1. The number of anilines is 1. The average Bonchev–Trinajstić information content (AvgIpc) is 3.24. The van der Waals surface area contributed by atoms with Crippen LogP contribution in [0.5, 0.6) is 5.75 Å². The lowest BCUT2D eigenvalue weighted by Crippen LogP contribution is -2.48. The molecule has 10 heteroatoms. The van der Waals surface area contributed by atoms with E-state index in [0.29, 0.717) is 35.9 Å². The fraction of sp³-hybridized carbons (Fsp3) is 0.500. The predicted octanol–water partition coefficient (Wildman–Crippen LogP) is 2.59. The van der Waals surface area contributed by atoms with Crippen LogP contribution < -0.4 is 10.1 Å². The van der Waals surface area contributed by atoms with Crippen LogP contribution in [0.1, 0.15) is 47.4 Å². The molecule has 3 amide bonds. The number of rotatable bonds is 3. The molecular formula is C24H32N4O6. The van der Waals surface area contributed by atoms with Gasteiger partial charge in [-0.15, -0.1) is 0 Å². The van der Waals surface area contributed by atoms with Crippen molar-refractivity contribution in [3.63, 3.8) is 0 Å². The van der Waals surface area contributed by atoms with Crippen molar-refractivity contribution in [1.29, 1.82) is 0 Å². The number of carbonyl (C=O) groups is 3. The molecule has 0 saturated heterocycles. The molecule has 0 unspecified atom stereocenters. The summed E-state index contributed by atoms with van der Waals surface area (Å²) in [4.78, 5) is 41.4. The molecule has 3 rings (SSSR count). The molecule has 1 N–H and O–H groups in total. The van der Waals surface area contributed by atoms with Gasteiger partial charge in [0.05, 0.1) is 17.7 Å². The Morgan fingerprint density at radius 2 is 1.94 bits per heavy atom. The SMILES string of the molecule is CO[C@H]1CN(C)C(=O)c2ccc(NC(=O)c3cc(C)on3)cc2OC[C@H](C)N(C(C)=O)C[C@@H]1C. The maximum absolute atomic E-state index is 13.2. The molecule has 3 atom stereocenters. The number of ether oxygens (including phenoxy) is 2. The van der Waals surface area contributed by atoms with Crippen LogP contribution in [0.2, 0.25) is 0 Å². The predicted molar refractivity (Wildman–Crippen MR) is 125 cm³/mol. The summed E-state index contributed by atoms with van der Waals surface area (Å²) < 4.78 is 16.7. The van der Waals surface area contributed by atoms with Gasteiger partial charge in [-0.3, -0.25) is 14.4 Å². The Morgan fingerprint density at radius 1 is 1.21 bits per heavy atom. The van der Waals surface area contributed by atoms with E-state index in [1.165, 1.54) is 13.0 Å². The monoisotopic (exact) mass is 472 g/mol. The lowest BCUT2D eigenvalue weighted by Gasteiger charge is -2.35. The molecule has 2 aromatic rings. The van der Waals surface area contributed by atoms with E-state index in [1.54, 1.807) is 49.1 Å². The van der Waals surface area contributed by atoms with Gasteiger partial charge in [0.1, 0.15) is 18.1 Å². The van der Waals surface area contributed by atoms with E-state index in [9.17, 15) is 14.4 Å². The molecule has 0 saturated carbocycles. The van der Waals surface area contributed by atoms with E-state index in [0.717, 1.165) is 0 Å². The average molecular weight is 473 g/mol. The highest BCUT2D eigenvalue weighted by Crippen LogP contribution is 2.27. The van der Waals surface area contributed by atoms with E-state index in [-0.39, 0.29) is 42.2 Å². The first-order valence-corrected chi connectivity index (χ1v) is 11.2. The van der Waals surface area contributed by atoms with Gasteiger partial charge >= 0.3 is 0 Å². The van der Waals surface area contributed by atoms with Crippen LogP contribution in [0.15, 0.2) is 28.8 Å². The number of amides is 3. The molecule has 184 valence electrons. The van der Waals surface area contributed by atoms with E-state index in [2.05, 4.69) is 10.5 Å². The smallest absolute Gasteiger partial charge is 0.277 e. The Balaban J connectivity index is 1.93. The summed E-state index contributed by atoms with van der Waals surface area (Å²) in [6.45, 7) is 8.12. The van der Waals surface area contributed by atoms with Crippen molar-refractivity contribution in [2.75, 3.05) is 39.2 Å². The summed E-state index contributed by atoms with van der Waals surface area (Å²) in [5.41, 5.74) is 0.932. The quantitative estimate of drug-likeness (QED) is 0.730. The zero-order valence-electron chi connectivity index (χ0n) is 20.5. The lowest BCUT2D eigenvalue weighted by atomic mass is 10.0. The number of nitrogens with zero attached hydrogens (tertiary/aromatic N) is 3. The Morgan fingerprint density at radius 3 is 2.56 bits per heavy atom. The molecule has 1 aromatic carbocycles. The van der Waals surface area contributed by atoms with Crippen LogP contribution in [-0.2, 0) is 9.53 Å². The van der Waals surface area contributed by atoms with Crippen LogP contribution in [0.3, 0.4) is 0 Å². The van der Waals surface area contributed by atoms with Gasteiger partial charge in [-0.05, 0) is 26.0 Å². The Hall–Kier alpha value is -3.40. The number of benzene rings is 1. The summed E-state index contributed by atoms with van der Waals surface area (Å²) in [6.07, 6.45) is -0.253. The maximum atomic E-state index is 13.2. The van der Waals surface area contributed by atoms with Gasteiger partial charge in [0.15, 0.2) is 5.69 Å². The minimum Gasteiger partial charge on any atom is -0.491 e. The van der Waals surface area contributed by atoms with Gasteiger partial charge in [0, 0.05) is 57.9 Å². The van der Waals surface area contributed by atoms with Crippen LogP contribution in [-0.4, -0.2) is 78.7 Å². The summed E-state index contributed by atoms with van der Waals surface area (Å²) in [6, 6.07) is 6.13. The molecule has 0 spiro atoms. The lowest BCUT2D eigenvalue weighted by molar-refractivity contribution is -0.133. The van der Waals surface area contributed by atoms with Gasteiger partial charge in [-0.25, -0.2) is 0 Å². The van der Waals surface area contributed by atoms with Gasteiger partial charge < -0.3 is 29.1 Å². The van der Waals surface area contributed by atoms with Gasteiger partial charge in [0.2, 0.25) is 5.91 Å². The van der Waals surface area contributed by atoms with Gasteiger partial charge in [-0.2, -0.15) is 0 Å². The second-order valence-electron chi connectivity index (χ2n) is 8.76. The number of aryl methyl sites for hydroxylation is 1.